The third kappa shape index (κ3) is 1.86. The van der Waals surface area contributed by atoms with Crippen LogP contribution in [0.25, 0.3) is 0 Å². The number of imide groups is 1. The van der Waals surface area contributed by atoms with Gasteiger partial charge in [-0.25, -0.2) is 0 Å². The van der Waals surface area contributed by atoms with Crippen molar-refractivity contribution in [1.29, 1.82) is 0 Å². The van der Waals surface area contributed by atoms with Crippen LogP contribution in [0.2, 0.25) is 0 Å². The first-order chi connectivity index (χ1) is 7.33. The third-order valence-electron chi connectivity index (χ3n) is 3.62. The number of rotatable bonds is 3. The van der Waals surface area contributed by atoms with Crippen molar-refractivity contribution in [2.45, 2.75) is 58.7 Å². The molecular formula is C12H20N2O2. The number of amides is 2. The minimum absolute atomic E-state index is 0.0287. The Hall–Kier alpha value is -0.900. The molecule has 4 heteroatoms. The van der Waals surface area contributed by atoms with Crippen LogP contribution >= 0.6 is 0 Å². The summed E-state index contributed by atoms with van der Waals surface area (Å²) in [6.07, 6.45) is 1.41. The van der Waals surface area contributed by atoms with Crippen molar-refractivity contribution in [3.8, 4) is 0 Å². The molecule has 2 aliphatic rings. The predicted octanol–water partition coefficient (Wildman–Crippen LogP) is 0.910. The highest BCUT2D eigenvalue weighted by Crippen LogP contribution is 2.45. The summed E-state index contributed by atoms with van der Waals surface area (Å²) in [5.41, 5.74) is 0.286. The van der Waals surface area contributed by atoms with E-state index in [2.05, 4.69) is 19.2 Å². The SMILES string of the molecule is CC(C)N1C(=O)CC(NC2CC2(C)C)C1=O. The Morgan fingerprint density at radius 3 is 2.31 bits per heavy atom. The molecule has 0 aromatic rings. The lowest BCUT2D eigenvalue weighted by Gasteiger charge is -2.19. The van der Waals surface area contributed by atoms with Gasteiger partial charge in [0.15, 0.2) is 0 Å². The first-order valence-corrected chi connectivity index (χ1v) is 5.95. The molecule has 0 radical (unpaired) electrons. The molecule has 2 atom stereocenters. The predicted molar refractivity (Wildman–Crippen MR) is 60.7 cm³/mol. The Kier molecular flexibility index (Phi) is 2.57. The number of carbonyl (C=O) groups is 2. The summed E-state index contributed by atoms with van der Waals surface area (Å²) in [5.74, 6) is -0.0985. The third-order valence-corrected chi connectivity index (χ3v) is 3.62. The smallest absolute Gasteiger partial charge is 0.247 e. The van der Waals surface area contributed by atoms with E-state index in [1.165, 1.54) is 4.90 Å². The van der Waals surface area contributed by atoms with Gasteiger partial charge >= 0.3 is 0 Å². The van der Waals surface area contributed by atoms with Crippen LogP contribution in [0.15, 0.2) is 0 Å². The van der Waals surface area contributed by atoms with Crippen LogP contribution in [-0.4, -0.2) is 34.8 Å². The van der Waals surface area contributed by atoms with Crippen LogP contribution in [0.3, 0.4) is 0 Å². The quantitative estimate of drug-likeness (QED) is 0.725. The van der Waals surface area contributed by atoms with Crippen molar-refractivity contribution in [3.63, 3.8) is 0 Å². The summed E-state index contributed by atoms with van der Waals surface area (Å²) in [4.78, 5) is 25.0. The first kappa shape index (κ1) is 11.6. The molecule has 4 nitrogen and oxygen atoms in total. The molecule has 0 spiro atoms. The molecule has 1 heterocycles. The van der Waals surface area contributed by atoms with Gasteiger partial charge in [0.2, 0.25) is 11.8 Å². The maximum absolute atomic E-state index is 12.0. The number of nitrogens with zero attached hydrogens (tertiary/aromatic N) is 1. The van der Waals surface area contributed by atoms with Gasteiger partial charge < -0.3 is 5.32 Å². The van der Waals surface area contributed by atoms with E-state index < -0.39 is 0 Å². The summed E-state index contributed by atoms with van der Waals surface area (Å²) in [7, 11) is 0. The molecule has 0 aromatic heterocycles. The molecule has 1 saturated carbocycles. The van der Waals surface area contributed by atoms with Crippen LogP contribution in [-0.2, 0) is 9.59 Å². The normalized spacial score (nSPS) is 32.7. The molecule has 2 fully saturated rings. The molecule has 2 unspecified atom stereocenters. The van der Waals surface area contributed by atoms with Crippen LogP contribution in [0.5, 0.6) is 0 Å². The fraction of sp³-hybridized carbons (Fsp3) is 0.833. The fourth-order valence-corrected chi connectivity index (χ4v) is 2.32. The maximum Gasteiger partial charge on any atom is 0.247 e. The molecule has 1 saturated heterocycles. The van der Waals surface area contributed by atoms with Crippen molar-refractivity contribution in [2.75, 3.05) is 0 Å². The van der Waals surface area contributed by atoms with E-state index in [1.807, 2.05) is 13.8 Å². The molecule has 1 aliphatic carbocycles. The average molecular weight is 224 g/mol. The Balaban J connectivity index is 1.99. The first-order valence-electron chi connectivity index (χ1n) is 5.95. The van der Waals surface area contributed by atoms with E-state index in [9.17, 15) is 9.59 Å². The second kappa shape index (κ2) is 3.55. The number of hydrogen-bond donors (Lipinski definition) is 1. The average Bonchev–Trinajstić information content (AvgIpc) is 2.60. The van der Waals surface area contributed by atoms with Gasteiger partial charge in [0, 0.05) is 12.1 Å². The minimum Gasteiger partial charge on any atom is -0.302 e. The molecule has 0 aromatic carbocycles. The standard InChI is InChI=1S/C12H20N2O2/c1-7(2)14-10(15)5-8(11(14)16)13-9-6-12(9,3)4/h7-9,13H,5-6H2,1-4H3. The number of likely N-dealkylation sites (tertiary alicyclic amines) is 1. The van der Waals surface area contributed by atoms with E-state index in [4.69, 9.17) is 0 Å². The van der Waals surface area contributed by atoms with Gasteiger partial charge in [-0.1, -0.05) is 13.8 Å². The maximum atomic E-state index is 12.0. The molecule has 2 amide bonds. The molecule has 16 heavy (non-hydrogen) atoms. The summed E-state index contributed by atoms with van der Waals surface area (Å²) in [6.45, 7) is 8.09. The number of hydrogen-bond acceptors (Lipinski definition) is 3. The zero-order valence-corrected chi connectivity index (χ0v) is 10.4. The second-order valence-electron chi connectivity index (χ2n) is 5.86. The van der Waals surface area contributed by atoms with Gasteiger partial charge in [-0.2, -0.15) is 0 Å². The van der Waals surface area contributed by atoms with E-state index >= 15 is 0 Å². The van der Waals surface area contributed by atoms with Crippen LogP contribution in [0.4, 0.5) is 0 Å². The van der Waals surface area contributed by atoms with Gasteiger partial charge in [0.1, 0.15) is 0 Å². The summed E-state index contributed by atoms with van der Waals surface area (Å²) in [6, 6.07) is 0.0713. The largest absolute Gasteiger partial charge is 0.302 e. The summed E-state index contributed by atoms with van der Waals surface area (Å²) in [5, 5.41) is 3.30. The second-order valence-corrected chi connectivity index (χ2v) is 5.86. The number of nitrogens with one attached hydrogen (secondary N) is 1. The molecule has 1 N–H and O–H groups in total. The molecule has 2 rings (SSSR count). The number of carbonyl (C=O) groups excluding carboxylic acids is 2. The van der Waals surface area contributed by atoms with Crippen LogP contribution < -0.4 is 5.32 Å². The van der Waals surface area contributed by atoms with Crippen LogP contribution in [0.1, 0.15) is 40.5 Å². The lowest BCUT2D eigenvalue weighted by atomic mass is 10.1. The summed E-state index contributed by atoms with van der Waals surface area (Å²) < 4.78 is 0. The van der Waals surface area contributed by atoms with Crippen molar-refractivity contribution < 1.29 is 9.59 Å². The zero-order chi connectivity index (χ0) is 12.1. The Morgan fingerprint density at radius 1 is 1.38 bits per heavy atom. The van der Waals surface area contributed by atoms with Gasteiger partial charge in [-0.15, -0.1) is 0 Å². The minimum atomic E-state index is -0.290. The van der Waals surface area contributed by atoms with Crippen molar-refractivity contribution in [2.24, 2.45) is 5.41 Å². The highest BCUT2D eigenvalue weighted by Gasteiger charge is 2.49. The van der Waals surface area contributed by atoms with Gasteiger partial charge in [0.25, 0.3) is 0 Å². The molecule has 1 aliphatic heterocycles. The van der Waals surface area contributed by atoms with Gasteiger partial charge in [-0.05, 0) is 25.7 Å². The summed E-state index contributed by atoms with van der Waals surface area (Å²) >= 11 is 0. The van der Waals surface area contributed by atoms with E-state index in [1.54, 1.807) is 0 Å². The lowest BCUT2D eigenvalue weighted by molar-refractivity contribution is -0.140. The fourth-order valence-electron chi connectivity index (χ4n) is 2.32. The Morgan fingerprint density at radius 2 is 1.94 bits per heavy atom. The van der Waals surface area contributed by atoms with Gasteiger partial charge in [-0.3, -0.25) is 14.5 Å². The zero-order valence-electron chi connectivity index (χ0n) is 10.4. The Labute approximate surface area is 96.4 Å². The molecular weight excluding hydrogens is 204 g/mol. The highest BCUT2D eigenvalue weighted by molar-refractivity contribution is 6.05. The van der Waals surface area contributed by atoms with E-state index in [-0.39, 0.29) is 29.3 Å². The topological polar surface area (TPSA) is 49.4 Å². The molecule has 0 bridgehead atoms. The Bertz CT molecular complexity index is 336. The highest BCUT2D eigenvalue weighted by atomic mass is 16.2. The van der Waals surface area contributed by atoms with Crippen molar-refractivity contribution >= 4 is 11.8 Å². The van der Waals surface area contributed by atoms with Crippen molar-refractivity contribution in [1.82, 2.24) is 10.2 Å². The van der Waals surface area contributed by atoms with Crippen LogP contribution in [0, 0.1) is 5.41 Å². The molecule has 90 valence electrons. The monoisotopic (exact) mass is 224 g/mol. The van der Waals surface area contributed by atoms with Crippen molar-refractivity contribution in [3.05, 3.63) is 0 Å². The van der Waals surface area contributed by atoms with E-state index in [0.29, 0.717) is 12.5 Å². The van der Waals surface area contributed by atoms with Gasteiger partial charge in [0.05, 0.1) is 12.5 Å². The lowest BCUT2D eigenvalue weighted by Crippen LogP contribution is -2.43. The van der Waals surface area contributed by atoms with E-state index in [0.717, 1.165) is 6.42 Å².